The molecule has 0 unspecified atom stereocenters. The molecule has 2 rings (SSSR count). The zero-order valence-electron chi connectivity index (χ0n) is 12.7. The van der Waals surface area contributed by atoms with Crippen molar-refractivity contribution in [2.24, 2.45) is 7.05 Å². The Morgan fingerprint density at radius 2 is 1.86 bits per heavy atom. The topological polar surface area (TPSA) is 99.6 Å². The second kappa shape index (κ2) is 7.63. The second-order valence-corrected chi connectivity index (χ2v) is 4.33. The molecule has 1 aromatic heterocycles. The molecule has 1 aliphatic rings. The summed E-state index contributed by atoms with van der Waals surface area (Å²) in [7, 11) is 1.45. The van der Waals surface area contributed by atoms with Crippen LogP contribution in [0.25, 0.3) is 0 Å². The first-order valence-corrected chi connectivity index (χ1v) is 6.92. The van der Waals surface area contributed by atoms with Gasteiger partial charge in [0.2, 0.25) is 5.91 Å². The van der Waals surface area contributed by atoms with Crippen LogP contribution in [0.2, 0.25) is 0 Å². The Balaban J connectivity index is 0.00000106. The van der Waals surface area contributed by atoms with E-state index >= 15 is 0 Å². The summed E-state index contributed by atoms with van der Waals surface area (Å²) in [5.74, 6) is -0.197. The van der Waals surface area contributed by atoms with Crippen LogP contribution in [0.3, 0.4) is 0 Å². The van der Waals surface area contributed by atoms with Crippen molar-refractivity contribution in [1.29, 1.82) is 0 Å². The number of rotatable bonds is 2. The predicted octanol–water partition coefficient (Wildman–Crippen LogP) is -0.986. The molecule has 0 spiro atoms. The molecule has 0 aliphatic carbocycles. The maximum absolute atomic E-state index is 12.0. The van der Waals surface area contributed by atoms with Crippen molar-refractivity contribution in [2.75, 3.05) is 32.0 Å². The smallest absolute Gasteiger partial charge is 0.332 e. The van der Waals surface area contributed by atoms with Crippen molar-refractivity contribution in [3.05, 3.63) is 26.9 Å². The zero-order chi connectivity index (χ0) is 16.0. The lowest BCUT2D eigenvalue weighted by molar-refractivity contribution is -0.136. The lowest BCUT2D eigenvalue weighted by Gasteiger charge is -2.26. The van der Waals surface area contributed by atoms with Gasteiger partial charge in [0.05, 0.1) is 13.2 Å². The van der Waals surface area contributed by atoms with Crippen molar-refractivity contribution in [2.45, 2.75) is 20.4 Å². The molecule has 1 aromatic rings. The molecular weight excluding hydrogens is 276 g/mol. The molecule has 0 saturated carbocycles. The van der Waals surface area contributed by atoms with Gasteiger partial charge in [0.25, 0.3) is 5.56 Å². The fourth-order valence-corrected chi connectivity index (χ4v) is 1.88. The van der Waals surface area contributed by atoms with Gasteiger partial charge in [0.1, 0.15) is 12.4 Å². The lowest BCUT2D eigenvalue weighted by Crippen LogP contribution is -2.47. The summed E-state index contributed by atoms with van der Waals surface area (Å²) in [5.41, 5.74) is 4.34. The maximum Gasteiger partial charge on any atom is 0.332 e. The van der Waals surface area contributed by atoms with E-state index in [4.69, 9.17) is 10.5 Å². The predicted molar refractivity (Wildman–Crippen MR) is 79.1 cm³/mol. The van der Waals surface area contributed by atoms with Gasteiger partial charge in [0, 0.05) is 26.2 Å². The van der Waals surface area contributed by atoms with Gasteiger partial charge < -0.3 is 15.4 Å². The number of carbonyl (C=O) groups excluding carboxylic acids is 1. The van der Waals surface area contributed by atoms with E-state index < -0.39 is 11.2 Å². The average Bonchev–Trinajstić information content (AvgIpc) is 2.52. The van der Waals surface area contributed by atoms with Gasteiger partial charge in [-0.2, -0.15) is 0 Å². The van der Waals surface area contributed by atoms with Crippen LogP contribution >= 0.6 is 0 Å². The summed E-state index contributed by atoms with van der Waals surface area (Å²) >= 11 is 0. The standard InChI is InChI=1S/C11H16N4O4.C2H6/c1-13-8(12)6-9(16)15(11(13)18)7-10(17)14-2-4-19-5-3-14;1-2/h6H,2-5,7,12H2,1H3;1-2H3. The summed E-state index contributed by atoms with van der Waals surface area (Å²) in [5, 5.41) is 0. The number of ether oxygens (including phenoxy) is 1. The van der Waals surface area contributed by atoms with Gasteiger partial charge in [-0.1, -0.05) is 13.8 Å². The fourth-order valence-electron chi connectivity index (χ4n) is 1.88. The normalized spacial score (nSPS) is 14.3. The van der Waals surface area contributed by atoms with Gasteiger partial charge >= 0.3 is 5.69 Å². The molecule has 8 heteroatoms. The summed E-state index contributed by atoms with van der Waals surface area (Å²) in [6.07, 6.45) is 0. The van der Waals surface area contributed by atoms with Crippen LogP contribution in [0.15, 0.2) is 15.7 Å². The maximum atomic E-state index is 12.0. The Morgan fingerprint density at radius 1 is 1.29 bits per heavy atom. The highest BCUT2D eigenvalue weighted by atomic mass is 16.5. The van der Waals surface area contributed by atoms with Crippen LogP contribution in [0.1, 0.15) is 13.8 Å². The van der Waals surface area contributed by atoms with Gasteiger partial charge in [-0.25, -0.2) is 4.79 Å². The first-order valence-electron chi connectivity index (χ1n) is 6.92. The highest BCUT2D eigenvalue weighted by molar-refractivity contribution is 5.76. The Bertz CT molecular complexity index is 599. The number of nitrogens with zero attached hydrogens (tertiary/aromatic N) is 3. The van der Waals surface area contributed by atoms with Crippen LogP contribution < -0.4 is 17.0 Å². The first-order chi connectivity index (χ1) is 10.0. The minimum absolute atomic E-state index is 0.0741. The molecular formula is C13H22N4O4. The van der Waals surface area contributed by atoms with Crippen molar-refractivity contribution < 1.29 is 9.53 Å². The molecule has 1 aliphatic heterocycles. The van der Waals surface area contributed by atoms with Crippen LogP contribution in [0.4, 0.5) is 5.82 Å². The quantitative estimate of drug-likeness (QED) is 0.756. The molecule has 0 aromatic carbocycles. The Hall–Kier alpha value is -2.09. The molecule has 118 valence electrons. The highest BCUT2D eigenvalue weighted by Crippen LogP contribution is 1.98. The molecule has 0 bridgehead atoms. The Labute approximate surface area is 122 Å². The molecule has 2 heterocycles. The number of nitrogen functional groups attached to an aromatic ring is 1. The van der Waals surface area contributed by atoms with Gasteiger partial charge in [-0.15, -0.1) is 0 Å². The van der Waals surface area contributed by atoms with Crippen LogP contribution in [-0.2, 0) is 23.1 Å². The van der Waals surface area contributed by atoms with Crippen molar-refractivity contribution in [3.8, 4) is 0 Å². The van der Waals surface area contributed by atoms with E-state index in [0.29, 0.717) is 26.3 Å². The molecule has 1 saturated heterocycles. The lowest BCUT2D eigenvalue weighted by atomic mass is 10.4. The number of hydrogen-bond acceptors (Lipinski definition) is 5. The third-order valence-corrected chi connectivity index (χ3v) is 3.10. The van der Waals surface area contributed by atoms with Crippen LogP contribution in [0, 0.1) is 0 Å². The fraction of sp³-hybridized carbons (Fsp3) is 0.615. The van der Waals surface area contributed by atoms with Crippen molar-refractivity contribution in [3.63, 3.8) is 0 Å². The summed E-state index contributed by atoms with van der Waals surface area (Å²) in [4.78, 5) is 37.2. The number of aromatic nitrogens is 2. The summed E-state index contributed by atoms with van der Waals surface area (Å²) < 4.78 is 7.15. The number of hydrogen-bond donors (Lipinski definition) is 1. The average molecular weight is 298 g/mol. The summed E-state index contributed by atoms with van der Waals surface area (Å²) in [6.45, 7) is 5.62. The number of morpholine rings is 1. The van der Waals surface area contributed by atoms with E-state index in [9.17, 15) is 14.4 Å². The highest BCUT2D eigenvalue weighted by Gasteiger charge is 2.19. The van der Waals surface area contributed by atoms with Crippen LogP contribution in [-0.4, -0.2) is 46.2 Å². The monoisotopic (exact) mass is 298 g/mol. The number of nitrogens with two attached hydrogens (primary N) is 1. The van der Waals surface area contributed by atoms with E-state index in [1.807, 2.05) is 13.8 Å². The van der Waals surface area contributed by atoms with Crippen LogP contribution in [0.5, 0.6) is 0 Å². The van der Waals surface area contributed by atoms with Crippen molar-refractivity contribution >= 4 is 11.7 Å². The Morgan fingerprint density at radius 3 is 2.43 bits per heavy atom. The van der Waals surface area contributed by atoms with Gasteiger partial charge in [0.15, 0.2) is 0 Å². The van der Waals surface area contributed by atoms with E-state index in [-0.39, 0.29) is 18.3 Å². The van der Waals surface area contributed by atoms with Gasteiger partial charge in [-0.05, 0) is 0 Å². The number of amides is 1. The molecule has 21 heavy (non-hydrogen) atoms. The van der Waals surface area contributed by atoms with Crippen molar-refractivity contribution in [1.82, 2.24) is 14.0 Å². The Kier molecular flexibility index (Phi) is 6.16. The second-order valence-electron chi connectivity index (χ2n) is 4.33. The molecule has 1 fully saturated rings. The number of carbonyl (C=O) groups is 1. The molecule has 8 nitrogen and oxygen atoms in total. The first kappa shape index (κ1) is 17.0. The SMILES string of the molecule is CC.Cn1c(N)cc(=O)n(CC(=O)N2CCOCC2)c1=O. The third kappa shape index (κ3) is 3.94. The molecule has 2 N–H and O–H groups in total. The summed E-state index contributed by atoms with van der Waals surface area (Å²) in [6, 6.07) is 1.13. The van der Waals surface area contributed by atoms with E-state index in [2.05, 4.69) is 0 Å². The third-order valence-electron chi connectivity index (χ3n) is 3.10. The minimum Gasteiger partial charge on any atom is -0.385 e. The molecule has 1 amide bonds. The van der Waals surface area contributed by atoms with Gasteiger partial charge in [-0.3, -0.25) is 18.7 Å². The largest absolute Gasteiger partial charge is 0.385 e. The van der Waals surface area contributed by atoms with E-state index in [1.54, 1.807) is 4.90 Å². The number of anilines is 1. The zero-order valence-corrected chi connectivity index (χ0v) is 12.7. The minimum atomic E-state index is -0.591. The van der Waals surface area contributed by atoms with E-state index in [1.165, 1.54) is 7.05 Å². The molecule has 0 atom stereocenters. The molecule has 0 radical (unpaired) electrons. The van der Waals surface area contributed by atoms with E-state index in [0.717, 1.165) is 15.2 Å².